The number of hydrogen-bond acceptors (Lipinski definition) is 3. The van der Waals surface area contributed by atoms with Gasteiger partial charge in [-0.2, -0.15) is 0 Å². The first kappa shape index (κ1) is 24.9. The van der Waals surface area contributed by atoms with Gasteiger partial charge in [0.15, 0.2) is 0 Å². The SMILES string of the molecule is CC[C@@H](C(=O)NC1CCCC1)N(Cc1ccc(Cl)cc1Cl)C(=O)CSc1ccc(C)cc1. The lowest BCUT2D eigenvalue weighted by atomic mass is 10.1. The Bertz CT molecular complexity index is 930. The highest BCUT2D eigenvalue weighted by Crippen LogP contribution is 2.26. The molecule has 1 fully saturated rings. The summed E-state index contributed by atoms with van der Waals surface area (Å²) in [7, 11) is 0. The standard InChI is InChI=1S/C25H30Cl2N2O2S/c1-3-23(25(31)28-20-6-4-5-7-20)29(15-18-10-11-19(26)14-22(18)27)24(30)16-32-21-12-8-17(2)9-13-21/h8-14,20,23H,3-7,15-16H2,1-2H3,(H,28,31)/t23-/m0/s1. The van der Waals surface area contributed by atoms with Crippen LogP contribution in [0.4, 0.5) is 0 Å². The summed E-state index contributed by atoms with van der Waals surface area (Å²) in [5, 5.41) is 4.19. The molecule has 7 heteroatoms. The molecule has 0 radical (unpaired) electrons. The van der Waals surface area contributed by atoms with Gasteiger partial charge in [-0.25, -0.2) is 0 Å². The first-order valence-corrected chi connectivity index (χ1v) is 12.8. The van der Waals surface area contributed by atoms with Crippen LogP contribution in [-0.4, -0.2) is 34.6 Å². The average molecular weight is 494 g/mol. The second-order valence-electron chi connectivity index (χ2n) is 8.27. The molecule has 2 amide bonds. The topological polar surface area (TPSA) is 49.4 Å². The van der Waals surface area contributed by atoms with Gasteiger partial charge in [0.25, 0.3) is 0 Å². The Labute approximate surface area is 205 Å². The normalized spacial score (nSPS) is 14.9. The van der Waals surface area contributed by atoms with Crippen molar-refractivity contribution in [2.45, 2.75) is 69.5 Å². The molecule has 0 unspecified atom stereocenters. The van der Waals surface area contributed by atoms with Crippen LogP contribution >= 0.6 is 35.0 Å². The zero-order valence-corrected chi connectivity index (χ0v) is 20.9. The van der Waals surface area contributed by atoms with Gasteiger partial charge in [-0.15, -0.1) is 11.8 Å². The van der Waals surface area contributed by atoms with E-state index in [9.17, 15) is 9.59 Å². The van der Waals surface area contributed by atoms with E-state index in [0.717, 1.165) is 36.1 Å². The van der Waals surface area contributed by atoms with Crippen LogP contribution in [0, 0.1) is 6.92 Å². The van der Waals surface area contributed by atoms with Gasteiger partial charge in [0.2, 0.25) is 11.8 Å². The van der Waals surface area contributed by atoms with Gasteiger partial charge >= 0.3 is 0 Å². The number of nitrogens with zero attached hydrogens (tertiary/aromatic N) is 1. The number of halogens is 2. The van der Waals surface area contributed by atoms with E-state index in [0.29, 0.717) is 16.5 Å². The molecule has 0 aliphatic heterocycles. The smallest absolute Gasteiger partial charge is 0.243 e. The number of rotatable bonds is 9. The highest BCUT2D eigenvalue weighted by atomic mass is 35.5. The number of carbonyl (C=O) groups excluding carboxylic acids is 2. The maximum atomic E-state index is 13.4. The van der Waals surface area contributed by atoms with E-state index in [4.69, 9.17) is 23.2 Å². The molecule has 172 valence electrons. The fraction of sp³-hybridized carbons (Fsp3) is 0.440. The summed E-state index contributed by atoms with van der Waals surface area (Å²) < 4.78 is 0. The Morgan fingerprint density at radius 1 is 1.12 bits per heavy atom. The largest absolute Gasteiger partial charge is 0.352 e. The quantitative estimate of drug-likeness (QED) is 0.420. The van der Waals surface area contributed by atoms with Gasteiger partial charge in [0, 0.05) is 27.5 Å². The number of amides is 2. The van der Waals surface area contributed by atoms with Gasteiger partial charge in [-0.3, -0.25) is 9.59 Å². The van der Waals surface area contributed by atoms with Gasteiger partial charge in [-0.1, -0.05) is 66.7 Å². The van der Waals surface area contributed by atoms with Crippen molar-refractivity contribution in [1.29, 1.82) is 0 Å². The van der Waals surface area contributed by atoms with Crippen LogP contribution in [0.25, 0.3) is 0 Å². The molecular formula is C25H30Cl2N2O2S. The number of hydrogen-bond donors (Lipinski definition) is 1. The summed E-state index contributed by atoms with van der Waals surface area (Å²) in [5.41, 5.74) is 1.95. The Hall–Kier alpha value is -1.69. The monoisotopic (exact) mass is 492 g/mol. The predicted octanol–water partition coefficient (Wildman–Crippen LogP) is 6.26. The minimum absolute atomic E-state index is 0.0850. The third-order valence-corrected chi connectivity index (χ3v) is 7.41. The summed E-state index contributed by atoms with van der Waals surface area (Å²) in [5.74, 6) is 0.0785. The van der Waals surface area contributed by atoms with E-state index in [2.05, 4.69) is 5.32 Å². The molecule has 0 aromatic heterocycles. The zero-order valence-electron chi connectivity index (χ0n) is 18.6. The molecule has 1 saturated carbocycles. The Morgan fingerprint density at radius 3 is 2.44 bits per heavy atom. The summed E-state index contributed by atoms with van der Waals surface area (Å²) >= 11 is 13.9. The molecule has 1 N–H and O–H groups in total. The van der Waals surface area contributed by atoms with Crippen LogP contribution in [0.2, 0.25) is 10.0 Å². The van der Waals surface area contributed by atoms with Crippen molar-refractivity contribution in [3.63, 3.8) is 0 Å². The van der Waals surface area contributed by atoms with Crippen LogP contribution in [0.1, 0.15) is 50.2 Å². The van der Waals surface area contributed by atoms with Crippen molar-refractivity contribution in [1.82, 2.24) is 10.2 Å². The van der Waals surface area contributed by atoms with E-state index < -0.39 is 6.04 Å². The van der Waals surface area contributed by atoms with Gasteiger partial charge in [0.05, 0.1) is 5.75 Å². The number of carbonyl (C=O) groups is 2. The van der Waals surface area contributed by atoms with Crippen molar-refractivity contribution >= 4 is 46.8 Å². The van der Waals surface area contributed by atoms with Crippen molar-refractivity contribution in [3.05, 3.63) is 63.6 Å². The van der Waals surface area contributed by atoms with Crippen LogP contribution in [-0.2, 0) is 16.1 Å². The molecule has 1 aliphatic carbocycles. The summed E-state index contributed by atoms with van der Waals surface area (Å²) in [6.45, 7) is 4.24. The minimum atomic E-state index is -0.548. The molecule has 4 nitrogen and oxygen atoms in total. The van der Waals surface area contributed by atoms with Crippen LogP contribution in [0.15, 0.2) is 47.4 Å². The third-order valence-electron chi connectivity index (χ3n) is 5.83. The van der Waals surface area contributed by atoms with Gasteiger partial charge in [0.1, 0.15) is 6.04 Å². The van der Waals surface area contributed by atoms with Crippen molar-refractivity contribution in [2.24, 2.45) is 0 Å². The maximum absolute atomic E-state index is 13.4. The molecule has 2 aromatic rings. The van der Waals surface area contributed by atoms with E-state index in [1.165, 1.54) is 17.3 Å². The number of aryl methyl sites for hydroxylation is 1. The molecule has 1 aliphatic rings. The highest BCUT2D eigenvalue weighted by molar-refractivity contribution is 8.00. The predicted molar refractivity (Wildman–Crippen MR) is 133 cm³/mol. The summed E-state index contributed by atoms with van der Waals surface area (Å²) in [6.07, 6.45) is 4.81. The summed E-state index contributed by atoms with van der Waals surface area (Å²) in [6, 6.07) is 13.0. The Kier molecular flexibility index (Phi) is 9.33. The molecule has 0 heterocycles. The van der Waals surface area contributed by atoms with Crippen molar-refractivity contribution in [2.75, 3.05) is 5.75 Å². The van der Waals surface area contributed by atoms with Gasteiger partial charge in [-0.05, 0) is 56.0 Å². The average Bonchev–Trinajstić information content (AvgIpc) is 3.27. The first-order valence-electron chi connectivity index (χ1n) is 11.1. The second-order valence-corrected chi connectivity index (χ2v) is 10.2. The number of thioether (sulfide) groups is 1. The lowest BCUT2D eigenvalue weighted by Crippen LogP contribution is -2.51. The fourth-order valence-corrected chi connectivity index (χ4v) is 5.24. The van der Waals surface area contributed by atoms with E-state index in [1.54, 1.807) is 17.0 Å². The lowest BCUT2D eigenvalue weighted by molar-refractivity contribution is -0.139. The molecule has 0 saturated heterocycles. The third kappa shape index (κ3) is 6.90. The molecule has 1 atom stereocenters. The Balaban J connectivity index is 1.78. The zero-order chi connectivity index (χ0) is 23.1. The molecule has 0 spiro atoms. The van der Waals surface area contributed by atoms with Crippen molar-refractivity contribution < 1.29 is 9.59 Å². The fourth-order valence-electron chi connectivity index (χ4n) is 3.98. The molecular weight excluding hydrogens is 463 g/mol. The van der Waals surface area contributed by atoms with Crippen LogP contribution < -0.4 is 5.32 Å². The van der Waals surface area contributed by atoms with Crippen LogP contribution in [0.5, 0.6) is 0 Å². The molecule has 2 aromatic carbocycles. The lowest BCUT2D eigenvalue weighted by Gasteiger charge is -2.31. The van der Waals surface area contributed by atoms with E-state index >= 15 is 0 Å². The minimum Gasteiger partial charge on any atom is -0.352 e. The van der Waals surface area contributed by atoms with Crippen LogP contribution in [0.3, 0.4) is 0 Å². The maximum Gasteiger partial charge on any atom is 0.243 e. The second kappa shape index (κ2) is 12.0. The number of benzene rings is 2. The van der Waals surface area contributed by atoms with Gasteiger partial charge < -0.3 is 10.2 Å². The molecule has 3 rings (SSSR count). The van der Waals surface area contributed by atoms with E-state index in [-0.39, 0.29) is 30.2 Å². The van der Waals surface area contributed by atoms with Crippen molar-refractivity contribution in [3.8, 4) is 0 Å². The Morgan fingerprint density at radius 2 is 1.81 bits per heavy atom. The highest BCUT2D eigenvalue weighted by Gasteiger charge is 2.31. The van der Waals surface area contributed by atoms with E-state index in [1.807, 2.05) is 44.2 Å². The molecule has 0 bridgehead atoms. The first-order chi connectivity index (χ1) is 15.4. The molecule has 32 heavy (non-hydrogen) atoms. The summed E-state index contributed by atoms with van der Waals surface area (Å²) in [4.78, 5) is 29.2. The number of nitrogens with one attached hydrogen (secondary N) is 1.